The summed E-state index contributed by atoms with van der Waals surface area (Å²) in [5.74, 6) is -0.131. The Morgan fingerprint density at radius 1 is 1.29 bits per heavy atom. The van der Waals surface area contributed by atoms with E-state index < -0.39 is 6.04 Å². The first kappa shape index (κ1) is 18.4. The van der Waals surface area contributed by atoms with Crippen molar-refractivity contribution in [3.63, 3.8) is 0 Å². The Kier molecular flexibility index (Phi) is 4.97. The van der Waals surface area contributed by atoms with E-state index in [1.807, 2.05) is 6.07 Å². The molecule has 148 valence electrons. The summed E-state index contributed by atoms with van der Waals surface area (Å²) in [6.45, 7) is 3.80. The van der Waals surface area contributed by atoms with Gasteiger partial charge in [-0.3, -0.25) is 23.6 Å². The van der Waals surface area contributed by atoms with Crippen molar-refractivity contribution in [2.24, 2.45) is 5.92 Å². The Balaban J connectivity index is 1.52. The molecule has 0 radical (unpaired) electrons. The van der Waals surface area contributed by atoms with E-state index in [4.69, 9.17) is 0 Å². The Bertz CT molecular complexity index is 922. The van der Waals surface area contributed by atoms with Gasteiger partial charge in [-0.15, -0.1) is 5.10 Å². The minimum atomic E-state index is -0.589. The second-order valence-electron chi connectivity index (χ2n) is 7.53. The molecule has 0 saturated carbocycles. The molecular formula is C19H24N6O3. The van der Waals surface area contributed by atoms with E-state index in [-0.39, 0.29) is 29.2 Å². The monoisotopic (exact) mass is 384 g/mol. The number of nitrogens with zero attached hydrogens (tertiary/aromatic N) is 5. The van der Waals surface area contributed by atoms with E-state index in [0.29, 0.717) is 32.6 Å². The van der Waals surface area contributed by atoms with Crippen LogP contribution in [0.4, 0.5) is 0 Å². The fraction of sp³-hybridized carbons (Fsp3) is 0.526. The van der Waals surface area contributed by atoms with E-state index in [1.54, 1.807) is 39.5 Å². The highest BCUT2D eigenvalue weighted by Crippen LogP contribution is 2.41. The molecule has 4 heterocycles. The fourth-order valence-electron chi connectivity index (χ4n) is 4.44. The van der Waals surface area contributed by atoms with Crippen molar-refractivity contribution in [2.75, 3.05) is 19.6 Å². The summed E-state index contributed by atoms with van der Waals surface area (Å²) in [4.78, 5) is 39.4. The molecule has 3 atom stereocenters. The molecule has 1 N–H and O–H groups in total. The van der Waals surface area contributed by atoms with Crippen LogP contribution in [0.3, 0.4) is 0 Å². The molecule has 0 spiro atoms. The molecule has 1 saturated heterocycles. The number of aromatic nitrogens is 4. The van der Waals surface area contributed by atoms with Crippen LogP contribution in [-0.2, 0) is 16.1 Å². The van der Waals surface area contributed by atoms with Crippen LogP contribution in [-0.4, -0.2) is 55.9 Å². The quantitative estimate of drug-likeness (QED) is 0.740. The Morgan fingerprint density at radius 2 is 2.14 bits per heavy atom. The zero-order valence-corrected chi connectivity index (χ0v) is 15.8. The van der Waals surface area contributed by atoms with Crippen LogP contribution >= 0.6 is 0 Å². The highest BCUT2D eigenvalue weighted by atomic mass is 16.2. The standard InChI is InChI=1S/C19H24N6O3/c1-13(26)23-11-14-10-15(12-23)18(25-16(14)4-2-5-17(25)27)19(28)20-6-3-8-24-9-7-21-22-24/h2,4-5,7,9,14-15,18H,3,6,8,10-12H2,1H3,(H,20,28)/t14-,15+,18-/m1/s1. The molecule has 2 amide bonds. The van der Waals surface area contributed by atoms with Gasteiger partial charge in [0, 0.05) is 62.9 Å². The highest BCUT2D eigenvalue weighted by Gasteiger charge is 2.44. The number of fused-ring (bicyclic) bond motifs is 4. The third kappa shape index (κ3) is 3.44. The average Bonchev–Trinajstić information content (AvgIpc) is 3.19. The summed E-state index contributed by atoms with van der Waals surface area (Å²) in [5, 5.41) is 10.6. The second kappa shape index (κ2) is 7.57. The first-order chi connectivity index (χ1) is 13.5. The minimum absolute atomic E-state index is 0.00779. The van der Waals surface area contributed by atoms with Gasteiger partial charge in [0.25, 0.3) is 5.56 Å². The van der Waals surface area contributed by atoms with Crippen molar-refractivity contribution in [3.05, 3.63) is 46.6 Å². The SMILES string of the molecule is CC(=O)N1C[C@H]2C[C@@H](C1)[C@H](C(=O)NCCCn1ccnn1)n1c2cccc1=O. The molecule has 0 aliphatic carbocycles. The second-order valence-corrected chi connectivity index (χ2v) is 7.53. The number of nitrogens with one attached hydrogen (secondary N) is 1. The lowest BCUT2D eigenvalue weighted by Crippen LogP contribution is -2.54. The van der Waals surface area contributed by atoms with Crippen LogP contribution in [0.15, 0.2) is 35.4 Å². The third-order valence-electron chi connectivity index (χ3n) is 5.70. The van der Waals surface area contributed by atoms with E-state index in [2.05, 4.69) is 15.6 Å². The van der Waals surface area contributed by atoms with Gasteiger partial charge < -0.3 is 10.2 Å². The number of hydrogen-bond acceptors (Lipinski definition) is 5. The Labute approximate surface area is 162 Å². The van der Waals surface area contributed by atoms with Crippen molar-refractivity contribution >= 4 is 11.8 Å². The minimum Gasteiger partial charge on any atom is -0.354 e. The maximum atomic E-state index is 13.0. The molecule has 28 heavy (non-hydrogen) atoms. The average molecular weight is 384 g/mol. The lowest BCUT2D eigenvalue weighted by Gasteiger charge is -2.46. The molecule has 9 nitrogen and oxygen atoms in total. The molecule has 0 aromatic carbocycles. The maximum absolute atomic E-state index is 13.0. The molecule has 2 aromatic heterocycles. The number of pyridine rings is 1. The van der Waals surface area contributed by atoms with Crippen molar-refractivity contribution in [3.8, 4) is 0 Å². The lowest BCUT2D eigenvalue weighted by molar-refractivity contribution is -0.135. The van der Waals surface area contributed by atoms with E-state index in [1.165, 1.54) is 6.07 Å². The molecule has 9 heteroatoms. The number of carbonyl (C=O) groups excluding carboxylic acids is 2. The summed E-state index contributed by atoms with van der Waals surface area (Å²) in [7, 11) is 0. The third-order valence-corrected chi connectivity index (χ3v) is 5.70. The molecular weight excluding hydrogens is 360 g/mol. The fourth-order valence-corrected chi connectivity index (χ4v) is 4.44. The first-order valence-electron chi connectivity index (χ1n) is 9.63. The van der Waals surface area contributed by atoms with Gasteiger partial charge >= 0.3 is 0 Å². The molecule has 4 rings (SSSR count). The summed E-state index contributed by atoms with van der Waals surface area (Å²) in [5.41, 5.74) is 0.684. The predicted octanol–water partition coefficient (Wildman–Crippen LogP) is 0.153. The summed E-state index contributed by atoms with van der Waals surface area (Å²) >= 11 is 0. The van der Waals surface area contributed by atoms with Crippen LogP contribution in [0, 0.1) is 5.92 Å². The van der Waals surface area contributed by atoms with Gasteiger partial charge in [-0.05, 0) is 18.9 Å². The van der Waals surface area contributed by atoms with Crippen molar-refractivity contribution < 1.29 is 9.59 Å². The van der Waals surface area contributed by atoms with Crippen LogP contribution in [0.1, 0.15) is 37.4 Å². The van der Waals surface area contributed by atoms with Crippen LogP contribution in [0.25, 0.3) is 0 Å². The molecule has 2 aliphatic heterocycles. The van der Waals surface area contributed by atoms with Crippen molar-refractivity contribution in [2.45, 2.75) is 38.3 Å². The summed E-state index contributed by atoms with van der Waals surface area (Å²) in [6, 6.07) is 4.54. The van der Waals surface area contributed by atoms with Gasteiger partial charge in [0.05, 0.1) is 6.20 Å². The van der Waals surface area contributed by atoms with E-state index in [9.17, 15) is 14.4 Å². The molecule has 2 aromatic rings. The lowest BCUT2D eigenvalue weighted by atomic mass is 9.78. The number of aryl methyl sites for hydroxylation is 1. The zero-order valence-electron chi connectivity index (χ0n) is 15.8. The summed E-state index contributed by atoms with van der Waals surface area (Å²) in [6.07, 6.45) is 4.91. The van der Waals surface area contributed by atoms with E-state index >= 15 is 0 Å². The van der Waals surface area contributed by atoms with Crippen molar-refractivity contribution in [1.29, 1.82) is 0 Å². The molecule has 1 fully saturated rings. The smallest absolute Gasteiger partial charge is 0.251 e. The number of hydrogen-bond donors (Lipinski definition) is 1. The predicted molar refractivity (Wildman–Crippen MR) is 100 cm³/mol. The van der Waals surface area contributed by atoms with Gasteiger partial charge in [0.1, 0.15) is 6.04 Å². The first-order valence-corrected chi connectivity index (χ1v) is 9.63. The largest absolute Gasteiger partial charge is 0.354 e. The maximum Gasteiger partial charge on any atom is 0.251 e. The van der Waals surface area contributed by atoms with Crippen LogP contribution < -0.4 is 10.9 Å². The topological polar surface area (TPSA) is 102 Å². The summed E-state index contributed by atoms with van der Waals surface area (Å²) < 4.78 is 3.35. The van der Waals surface area contributed by atoms with E-state index in [0.717, 1.165) is 12.1 Å². The molecule has 0 unspecified atom stereocenters. The van der Waals surface area contributed by atoms with Gasteiger partial charge in [-0.1, -0.05) is 11.3 Å². The van der Waals surface area contributed by atoms with Gasteiger partial charge in [-0.25, -0.2) is 0 Å². The number of carbonyl (C=O) groups is 2. The highest BCUT2D eigenvalue weighted by molar-refractivity contribution is 5.81. The Morgan fingerprint density at radius 3 is 2.89 bits per heavy atom. The van der Waals surface area contributed by atoms with Gasteiger partial charge in [0.15, 0.2) is 0 Å². The van der Waals surface area contributed by atoms with Crippen LogP contribution in [0.5, 0.6) is 0 Å². The number of rotatable bonds is 5. The van der Waals surface area contributed by atoms with Crippen molar-refractivity contribution in [1.82, 2.24) is 29.8 Å². The van der Waals surface area contributed by atoms with Crippen LogP contribution in [0.2, 0.25) is 0 Å². The zero-order chi connectivity index (χ0) is 19.7. The number of piperidine rings is 1. The van der Waals surface area contributed by atoms with Gasteiger partial charge in [0.2, 0.25) is 11.8 Å². The molecule has 2 bridgehead atoms. The Hall–Kier alpha value is -2.97. The molecule has 2 aliphatic rings. The van der Waals surface area contributed by atoms with Gasteiger partial charge in [-0.2, -0.15) is 0 Å². The number of amides is 2. The normalized spacial score (nSPS) is 23.2. The number of likely N-dealkylation sites (tertiary alicyclic amines) is 1.